The Balaban J connectivity index is 1.93. The monoisotopic (exact) mass is 267 g/mol. The van der Waals surface area contributed by atoms with E-state index in [2.05, 4.69) is 25.7 Å². The number of hydrogen-bond acceptors (Lipinski definition) is 8. The highest BCUT2D eigenvalue weighted by Gasteiger charge is 2.21. The van der Waals surface area contributed by atoms with E-state index in [0.717, 1.165) is 0 Å². The number of methoxy groups -OCH3 is 1. The van der Waals surface area contributed by atoms with Crippen LogP contribution in [0.15, 0.2) is 8.94 Å². The van der Waals surface area contributed by atoms with Gasteiger partial charge in [-0.1, -0.05) is 31.0 Å². The van der Waals surface area contributed by atoms with Crippen LogP contribution < -0.4 is 5.32 Å². The largest absolute Gasteiger partial charge is 0.408 e. The van der Waals surface area contributed by atoms with Crippen LogP contribution in [0.25, 0.3) is 0 Å². The van der Waals surface area contributed by atoms with E-state index < -0.39 is 0 Å². The lowest BCUT2D eigenvalue weighted by atomic mass is 9.97. The van der Waals surface area contributed by atoms with Gasteiger partial charge in [0.05, 0.1) is 6.54 Å². The molecule has 104 valence electrons. The standard InChI is InChI=1S/C11H17N5O3/c1-11(2,3)9-14-15-10(18-9)12-5-7-13-8(6-17-4)19-16-7/h5-6H2,1-4H3,(H,12,15). The van der Waals surface area contributed by atoms with E-state index in [1.807, 2.05) is 20.8 Å². The number of nitrogens with one attached hydrogen (secondary N) is 1. The van der Waals surface area contributed by atoms with E-state index in [0.29, 0.717) is 36.8 Å². The Hall–Kier alpha value is -1.96. The molecular weight excluding hydrogens is 250 g/mol. The maximum absolute atomic E-state index is 5.48. The highest BCUT2D eigenvalue weighted by atomic mass is 16.5. The van der Waals surface area contributed by atoms with Crippen LogP contribution in [0.3, 0.4) is 0 Å². The summed E-state index contributed by atoms with van der Waals surface area (Å²) < 4.78 is 15.3. The van der Waals surface area contributed by atoms with E-state index in [9.17, 15) is 0 Å². The zero-order valence-electron chi connectivity index (χ0n) is 11.4. The normalized spacial score (nSPS) is 11.8. The fraction of sp³-hybridized carbons (Fsp3) is 0.636. The Morgan fingerprint density at radius 2 is 2.05 bits per heavy atom. The molecular formula is C11H17N5O3. The molecule has 1 N–H and O–H groups in total. The zero-order valence-corrected chi connectivity index (χ0v) is 11.4. The van der Waals surface area contributed by atoms with Gasteiger partial charge in [0.2, 0.25) is 5.89 Å². The van der Waals surface area contributed by atoms with Crippen molar-refractivity contribution >= 4 is 6.01 Å². The lowest BCUT2D eigenvalue weighted by Crippen LogP contribution is -2.11. The quantitative estimate of drug-likeness (QED) is 0.870. The van der Waals surface area contributed by atoms with Gasteiger partial charge in [-0.3, -0.25) is 0 Å². The van der Waals surface area contributed by atoms with E-state index in [-0.39, 0.29) is 5.41 Å². The van der Waals surface area contributed by atoms with E-state index in [1.54, 1.807) is 7.11 Å². The first-order valence-corrected chi connectivity index (χ1v) is 5.87. The van der Waals surface area contributed by atoms with Crippen LogP contribution in [0.4, 0.5) is 6.01 Å². The van der Waals surface area contributed by atoms with Crippen molar-refractivity contribution in [2.24, 2.45) is 0 Å². The molecule has 0 bridgehead atoms. The van der Waals surface area contributed by atoms with Crippen LogP contribution in [-0.4, -0.2) is 27.4 Å². The Morgan fingerprint density at radius 1 is 1.26 bits per heavy atom. The van der Waals surface area contributed by atoms with E-state index >= 15 is 0 Å². The minimum absolute atomic E-state index is 0.176. The van der Waals surface area contributed by atoms with Crippen molar-refractivity contribution in [1.29, 1.82) is 0 Å². The molecule has 19 heavy (non-hydrogen) atoms. The summed E-state index contributed by atoms with van der Waals surface area (Å²) in [5, 5.41) is 14.6. The van der Waals surface area contributed by atoms with Crippen LogP contribution in [-0.2, 0) is 23.3 Å². The zero-order chi connectivity index (χ0) is 13.9. The smallest absolute Gasteiger partial charge is 0.315 e. The molecule has 0 saturated carbocycles. The summed E-state index contributed by atoms with van der Waals surface area (Å²) in [6.07, 6.45) is 0. The number of anilines is 1. The second kappa shape index (κ2) is 5.35. The van der Waals surface area contributed by atoms with Gasteiger partial charge in [0.25, 0.3) is 5.89 Å². The molecule has 0 radical (unpaired) electrons. The van der Waals surface area contributed by atoms with Crippen molar-refractivity contribution in [1.82, 2.24) is 20.3 Å². The minimum Gasteiger partial charge on any atom is -0.408 e. The fourth-order valence-corrected chi connectivity index (χ4v) is 1.30. The molecule has 2 heterocycles. The van der Waals surface area contributed by atoms with Crippen molar-refractivity contribution in [3.8, 4) is 0 Å². The number of nitrogens with zero attached hydrogens (tertiary/aromatic N) is 4. The summed E-state index contributed by atoms with van der Waals surface area (Å²) in [6.45, 7) is 6.64. The summed E-state index contributed by atoms with van der Waals surface area (Å²) in [5.74, 6) is 1.51. The predicted octanol–water partition coefficient (Wildman–Crippen LogP) is 1.51. The van der Waals surface area contributed by atoms with Crippen LogP contribution in [0.1, 0.15) is 38.4 Å². The Kier molecular flexibility index (Phi) is 3.79. The average molecular weight is 267 g/mol. The molecule has 2 aromatic heterocycles. The van der Waals surface area contributed by atoms with Crippen molar-refractivity contribution in [2.75, 3.05) is 12.4 Å². The molecule has 0 aliphatic rings. The highest BCUT2D eigenvalue weighted by Crippen LogP contribution is 2.21. The number of hydrogen-bond donors (Lipinski definition) is 1. The molecule has 0 aliphatic carbocycles. The molecule has 0 amide bonds. The second-order valence-corrected chi connectivity index (χ2v) is 5.05. The van der Waals surface area contributed by atoms with E-state index in [1.165, 1.54) is 0 Å². The topological polar surface area (TPSA) is 99.1 Å². The average Bonchev–Trinajstić information content (AvgIpc) is 2.94. The SMILES string of the molecule is COCc1nc(CNc2nnc(C(C)(C)C)o2)no1. The number of rotatable bonds is 5. The van der Waals surface area contributed by atoms with Gasteiger partial charge in [-0.25, -0.2) is 0 Å². The maximum Gasteiger partial charge on any atom is 0.315 e. The molecule has 0 fully saturated rings. The van der Waals surface area contributed by atoms with Crippen LogP contribution in [0, 0.1) is 0 Å². The van der Waals surface area contributed by atoms with Gasteiger partial charge in [0.15, 0.2) is 5.82 Å². The van der Waals surface area contributed by atoms with Gasteiger partial charge in [0, 0.05) is 12.5 Å². The molecule has 8 heteroatoms. The maximum atomic E-state index is 5.48. The Bertz CT molecular complexity index is 528. The Morgan fingerprint density at radius 3 is 2.68 bits per heavy atom. The highest BCUT2D eigenvalue weighted by molar-refractivity contribution is 5.18. The van der Waals surface area contributed by atoms with Gasteiger partial charge >= 0.3 is 6.01 Å². The molecule has 2 rings (SSSR count). The van der Waals surface area contributed by atoms with Gasteiger partial charge in [0.1, 0.15) is 6.61 Å². The predicted molar refractivity (Wildman–Crippen MR) is 65.3 cm³/mol. The molecule has 2 aromatic rings. The summed E-state index contributed by atoms with van der Waals surface area (Å²) >= 11 is 0. The van der Waals surface area contributed by atoms with Crippen molar-refractivity contribution in [2.45, 2.75) is 39.3 Å². The molecule has 0 atom stereocenters. The summed E-state index contributed by atoms with van der Waals surface area (Å²) in [5.41, 5.74) is -0.176. The summed E-state index contributed by atoms with van der Waals surface area (Å²) in [4.78, 5) is 4.12. The van der Waals surface area contributed by atoms with E-state index in [4.69, 9.17) is 13.7 Å². The van der Waals surface area contributed by atoms with Crippen LogP contribution >= 0.6 is 0 Å². The second-order valence-electron chi connectivity index (χ2n) is 5.05. The summed E-state index contributed by atoms with van der Waals surface area (Å²) in [6, 6.07) is 0.336. The minimum atomic E-state index is -0.176. The van der Waals surface area contributed by atoms with Crippen molar-refractivity contribution < 1.29 is 13.7 Å². The third-order valence-electron chi connectivity index (χ3n) is 2.24. The lowest BCUT2D eigenvalue weighted by Gasteiger charge is -2.10. The molecule has 0 unspecified atom stereocenters. The molecule has 0 aliphatic heterocycles. The third-order valence-corrected chi connectivity index (χ3v) is 2.24. The van der Waals surface area contributed by atoms with Gasteiger partial charge < -0.3 is 19.0 Å². The molecule has 8 nitrogen and oxygen atoms in total. The summed E-state index contributed by atoms with van der Waals surface area (Å²) in [7, 11) is 1.56. The lowest BCUT2D eigenvalue weighted by molar-refractivity contribution is 0.151. The fourth-order valence-electron chi connectivity index (χ4n) is 1.30. The van der Waals surface area contributed by atoms with Gasteiger partial charge in [-0.05, 0) is 0 Å². The number of aromatic nitrogens is 4. The molecule has 0 spiro atoms. The number of ether oxygens (including phenoxy) is 1. The molecule has 0 saturated heterocycles. The first kappa shape index (κ1) is 13.5. The first-order valence-electron chi connectivity index (χ1n) is 5.87. The van der Waals surface area contributed by atoms with Crippen molar-refractivity contribution in [3.05, 3.63) is 17.6 Å². The van der Waals surface area contributed by atoms with Crippen LogP contribution in [0.2, 0.25) is 0 Å². The Labute approximate surface area is 110 Å². The van der Waals surface area contributed by atoms with Gasteiger partial charge in [-0.15, -0.1) is 5.10 Å². The first-order chi connectivity index (χ1) is 8.99. The molecule has 0 aromatic carbocycles. The van der Waals surface area contributed by atoms with Gasteiger partial charge in [-0.2, -0.15) is 4.98 Å². The third kappa shape index (κ3) is 3.50. The van der Waals surface area contributed by atoms with Crippen LogP contribution in [0.5, 0.6) is 0 Å². The van der Waals surface area contributed by atoms with Crippen molar-refractivity contribution in [3.63, 3.8) is 0 Å².